The first-order valence-corrected chi connectivity index (χ1v) is 26.9. The molecule has 0 aromatic heterocycles. The molecular formula is C58H100O6. The van der Waals surface area contributed by atoms with E-state index in [1.165, 1.54) is 109 Å². The lowest BCUT2D eigenvalue weighted by Crippen LogP contribution is -2.30. The predicted octanol–water partition coefficient (Wildman–Crippen LogP) is 17.8. The lowest BCUT2D eigenvalue weighted by molar-refractivity contribution is -0.167. The van der Waals surface area contributed by atoms with Gasteiger partial charge in [-0.25, -0.2) is 0 Å². The van der Waals surface area contributed by atoms with Crippen LogP contribution >= 0.6 is 0 Å². The third-order valence-electron chi connectivity index (χ3n) is 11.5. The van der Waals surface area contributed by atoms with Gasteiger partial charge in [0.05, 0.1) is 0 Å². The van der Waals surface area contributed by atoms with Gasteiger partial charge in [0, 0.05) is 19.3 Å². The van der Waals surface area contributed by atoms with Gasteiger partial charge in [0.15, 0.2) is 6.10 Å². The predicted molar refractivity (Wildman–Crippen MR) is 274 cm³/mol. The van der Waals surface area contributed by atoms with Crippen molar-refractivity contribution >= 4 is 17.9 Å². The summed E-state index contributed by atoms with van der Waals surface area (Å²) in [6.07, 6.45) is 66.1. The van der Waals surface area contributed by atoms with Crippen LogP contribution in [0.1, 0.15) is 258 Å². The fraction of sp³-hybridized carbons (Fsp3) is 0.741. The minimum atomic E-state index is -0.781. The first-order valence-electron chi connectivity index (χ1n) is 26.9. The average molecular weight is 893 g/mol. The van der Waals surface area contributed by atoms with Gasteiger partial charge in [-0.1, -0.05) is 241 Å². The SMILES string of the molecule is CC/C=C\C/C=C\C/C=C\C/C=C\C/C=C\C/C=C\CCCCCCC(=O)OCC(COC(=O)CCCCCCCCCC)OC(=O)CCCCCCCCCCCCCCCCC. The van der Waals surface area contributed by atoms with Crippen LogP contribution in [-0.4, -0.2) is 37.2 Å². The third-order valence-corrected chi connectivity index (χ3v) is 11.5. The van der Waals surface area contributed by atoms with Gasteiger partial charge >= 0.3 is 17.9 Å². The Morgan fingerprint density at radius 2 is 0.609 bits per heavy atom. The van der Waals surface area contributed by atoms with Gasteiger partial charge in [-0.2, -0.15) is 0 Å². The molecule has 0 aliphatic carbocycles. The molecule has 1 unspecified atom stereocenters. The van der Waals surface area contributed by atoms with Crippen LogP contribution in [0.5, 0.6) is 0 Å². The fourth-order valence-electron chi connectivity index (χ4n) is 7.45. The second-order valence-corrected chi connectivity index (χ2v) is 17.8. The van der Waals surface area contributed by atoms with Crippen LogP contribution < -0.4 is 0 Å². The first kappa shape index (κ1) is 60.9. The van der Waals surface area contributed by atoms with Gasteiger partial charge in [0.1, 0.15) is 13.2 Å². The fourth-order valence-corrected chi connectivity index (χ4v) is 7.45. The summed E-state index contributed by atoms with van der Waals surface area (Å²) in [5, 5.41) is 0. The number of hydrogen-bond donors (Lipinski definition) is 0. The summed E-state index contributed by atoms with van der Waals surface area (Å²) in [6, 6.07) is 0. The van der Waals surface area contributed by atoms with Crippen LogP contribution in [0.4, 0.5) is 0 Å². The molecule has 0 aromatic rings. The molecule has 0 saturated carbocycles. The molecule has 0 aliphatic heterocycles. The van der Waals surface area contributed by atoms with E-state index in [1.54, 1.807) is 0 Å². The van der Waals surface area contributed by atoms with Gasteiger partial charge < -0.3 is 14.2 Å². The number of esters is 3. The highest BCUT2D eigenvalue weighted by Crippen LogP contribution is 2.15. The smallest absolute Gasteiger partial charge is 0.306 e. The molecule has 0 bridgehead atoms. The monoisotopic (exact) mass is 893 g/mol. The quantitative estimate of drug-likeness (QED) is 0.0262. The standard InChI is InChI=1S/C58H100O6/c1-4-7-10-13-16-19-21-23-25-26-27-28-29-30-31-32-34-35-37-39-42-45-48-51-57(60)63-54-55(53-62-56(59)50-47-44-41-18-15-12-9-6-3)64-58(61)52-49-46-43-40-38-36-33-24-22-20-17-14-11-8-5-2/h7,10,16,19,23,25,27-28,30-31,34-35,55H,4-6,8-9,11-15,17-18,20-22,24,26,29,32-33,36-54H2,1-3H3/b10-7-,19-16-,25-23-,28-27-,31-30-,35-34-. The molecule has 6 nitrogen and oxygen atoms in total. The van der Waals surface area contributed by atoms with Crippen molar-refractivity contribution in [3.8, 4) is 0 Å². The Kier molecular flexibility index (Phi) is 49.9. The van der Waals surface area contributed by atoms with Crippen LogP contribution in [0.15, 0.2) is 72.9 Å². The Balaban J connectivity index is 4.30. The number of rotatable bonds is 48. The molecule has 0 amide bonds. The summed E-state index contributed by atoms with van der Waals surface area (Å²) in [7, 11) is 0. The van der Waals surface area contributed by atoms with Crippen molar-refractivity contribution in [2.45, 2.75) is 264 Å². The van der Waals surface area contributed by atoms with E-state index >= 15 is 0 Å². The van der Waals surface area contributed by atoms with E-state index in [4.69, 9.17) is 14.2 Å². The summed E-state index contributed by atoms with van der Waals surface area (Å²) in [5.41, 5.74) is 0. The normalized spacial score (nSPS) is 12.6. The van der Waals surface area contributed by atoms with E-state index in [0.29, 0.717) is 19.3 Å². The molecule has 1 atom stereocenters. The summed E-state index contributed by atoms with van der Waals surface area (Å²) >= 11 is 0. The lowest BCUT2D eigenvalue weighted by atomic mass is 10.0. The zero-order chi connectivity index (χ0) is 46.5. The van der Waals surface area contributed by atoms with E-state index in [2.05, 4.69) is 93.7 Å². The highest BCUT2D eigenvalue weighted by molar-refractivity contribution is 5.71. The number of ether oxygens (including phenoxy) is 3. The highest BCUT2D eigenvalue weighted by atomic mass is 16.6. The van der Waals surface area contributed by atoms with Gasteiger partial charge in [0.25, 0.3) is 0 Å². The summed E-state index contributed by atoms with van der Waals surface area (Å²) in [6.45, 7) is 6.48. The van der Waals surface area contributed by atoms with Crippen molar-refractivity contribution in [2.24, 2.45) is 0 Å². The van der Waals surface area contributed by atoms with Crippen LogP contribution in [0.3, 0.4) is 0 Å². The van der Waals surface area contributed by atoms with Crippen molar-refractivity contribution in [3.05, 3.63) is 72.9 Å². The number of allylic oxidation sites excluding steroid dienone is 12. The van der Waals surface area contributed by atoms with Crippen molar-refractivity contribution in [1.29, 1.82) is 0 Å². The number of carbonyl (C=O) groups is 3. The summed E-state index contributed by atoms with van der Waals surface area (Å²) in [5.74, 6) is -0.905. The number of carbonyl (C=O) groups excluding carboxylic acids is 3. The van der Waals surface area contributed by atoms with E-state index in [-0.39, 0.29) is 31.1 Å². The third kappa shape index (κ3) is 49.9. The van der Waals surface area contributed by atoms with Crippen molar-refractivity contribution in [1.82, 2.24) is 0 Å². The van der Waals surface area contributed by atoms with Gasteiger partial charge in [0.2, 0.25) is 0 Å². The zero-order valence-corrected chi connectivity index (χ0v) is 42.0. The largest absolute Gasteiger partial charge is 0.462 e. The van der Waals surface area contributed by atoms with Gasteiger partial charge in [-0.3, -0.25) is 14.4 Å². The second kappa shape index (κ2) is 52.5. The van der Waals surface area contributed by atoms with E-state index in [1.807, 2.05) is 0 Å². The molecule has 0 aromatic carbocycles. The Labute approximate surface area is 395 Å². The maximum absolute atomic E-state index is 12.8. The number of unbranched alkanes of at least 4 members (excludes halogenated alkanes) is 25. The topological polar surface area (TPSA) is 78.9 Å². The highest BCUT2D eigenvalue weighted by Gasteiger charge is 2.19. The van der Waals surface area contributed by atoms with Crippen molar-refractivity contribution in [2.75, 3.05) is 13.2 Å². The van der Waals surface area contributed by atoms with Gasteiger partial charge in [-0.15, -0.1) is 0 Å². The van der Waals surface area contributed by atoms with E-state index < -0.39 is 6.10 Å². The molecule has 368 valence electrons. The zero-order valence-electron chi connectivity index (χ0n) is 42.0. The van der Waals surface area contributed by atoms with Crippen molar-refractivity contribution < 1.29 is 28.6 Å². The minimum Gasteiger partial charge on any atom is -0.462 e. The molecule has 0 spiro atoms. The molecule has 0 radical (unpaired) electrons. The first-order chi connectivity index (χ1) is 31.5. The summed E-state index contributed by atoms with van der Waals surface area (Å²) < 4.78 is 16.8. The lowest BCUT2D eigenvalue weighted by Gasteiger charge is -2.18. The maximum atomic E-state index is 12.8. The Bertz CT molecular complexity index is 1210. The minimum absolute atomic E-state index is 0.0810. The molecule has 64 heavy (non-hydrogen) atoms. The van der Waals surface area contributed by atoms with Crippen LogP contribution in [0.2, 0.25) is 0 Å². The molecule has 6 heteroatoms. The van der Waals surface area contributed by atoms with E-state index in [0.717, 1.165) is 109 Å². The van der Waals surface area contributed by atoms with Crippen LogP contribution in [-0.2, 0) is 28.6 Å². The summed E-state index contributed by atoms with van der Waals surface area (Å²) in [4.78, 5) is 37.9. The molecule has 0 aliphatic rings. The Morgan fingerprint density at radius 1 is 0.328 bits per heavy atom. The second-order valence-electron chi connectivity index (χ2n) is 17.8. The van der Waals surface area contributed by atoms with Gasteiger partial charge in [-0.05, 0) is 70.6 Å². The van der Waals surface area contributed by atoms with E-state index in [9.17, 15) is 14.4 Å². The number of hydrogen-bond acceptors (Lipinski definition) is 6. The van der Waals surface area contributed by atoms with Crippen molar-refractivity contribution in [3.63, 3.8) is 0 Å². The maximum Gasteiger partial charge on any atom is 0.306 e. The van der Waals surface area contributed by atoms with Crippen LogP contribution in [0, 0.1) is 0 Å². The average Bonchev–Trinajstić information content (AvgIpc) is 3.29. The van der Waals surface area contributed by atoms with Crippen LogP contribution in [0.25, 0.3) is 0 Å². The Hall–Kier alpha value is -3.15. The molecule has 0 saturated heterocycles. The Morgan fingerprint density at radius 3 is 0.953 bits per heavy atom. The molecule has 0 heterocycles. The molecule has 0 fully saturated rings. The molecule has 0 rings (SSSR count). The molecule has 0 N–H and O–H groups in total. The molecular weight excluding hydrogens is 793 g/mol.